The molecule has 0 amide bonds. The Bertz CT molecular complexity index is 88.9. The Balaban J connectivity index is 0. The summed E-state index contributed by atoms with van der Waals surface area (Å²) in [4.78, 5) is 0. The van der Waals surface area contributed by atoms with Crippen molar-refractivity contribution < 1.29 is 0 Å². The van der Waals surface area contributed by atoms with Gasteiger partial charge in [-0.2, -0.15) is 0 Å². The van der Waals surface area contributed by atoms with E-state index in [-0.39, 0.29) is 12.4 Å². The molecule has 0 heterocycles. The van der Waals surface area contributed by atoms with Gasteiger partial charge in [-0.1, -0.05) is 18.2 Å². The molecule has 0 aliphatic carbocycles. The normalized spacial score (nSPS) is 7.67. The molecule has 0 radical (unpaired) electrons. The van der Waals surface area contributed by atoms with Crippen molar-refractivity contribution in [3.8, 4) is 0 Å². The summed E-state index contributed by atoms with van der Waals surface area (Å²) < 4.78 is 0. The average Bonchev–Trinajstić information content (AvgIpc) is 1.66. The van der Waals surface area contributed by atoms with Crippen molar-refractivity contribution in [2.45, 2.75) is 6.92 Å². The van der Waals surface area contributed by atoms with E-state index in [4.69, 9.17) is 0 Å². The molecule has 0 bridgehead atoms. The summed E-state index contributed by atoms with van der Waals surface area (Å²) in [5.74, 6) is 0. The molecule has 1 nitrogen and oxygen atoms in total. The SMILES string of the molecule is C=CCNCC(=C)C.Cl. The van der Waals surface area contributed by atoms with Crippen LogP contribution in [0.3, 0.4) is 0 Å². The molecule has 0 aromatic rings. The minimum atomic E-state index is 0. The molecular weight excluding hydrogens is 134 g/mol. The highest BCUT2D eigenvalue weighted by atomic mass is 35.5. The van der Waals surface area contributed by atoms with Gasteiger partial charge in [0.15, 0.2) is 0 Å². The molecule has 0 unspecified atom stereocenters. The van der Waals surface area contributed by atoms with E-state index in [1.807, 2.05) is 13.0 Å². The first-order valence-corrected chi connectivity index (χ1v) is 2.73. The second-order valence-electron chi connectivity index (χ2n) is 1.88. The summed E-state index contributed by atoms with van der Waals surface area (Å²) >= 11 is 0. The number of halogens is 1. The number of rotatable bonds is 4. The Morgan fingerprint density at radius 1 is 1.67 bits per heavy atom. The van der Waals surface area contributed by atoms with Crippen LogP contribution in [-0.4, -0.2) is 13.1 Å². The molecule has 0 fully saturated rings. The van der Waals surface area contributed by atoms with Crippen LogP contribution in [0.15, 0.2) is 24.8 Å². The van der Waals surface area contributed by atoms with Crippen LogP contribution < -0.4 is 5.32 Å². The van der Waals surface area contributed by atoms with E-state index in [0.29, 0.717) is 0 Å². The summed E-state index contributed by atoms with van der Waals surface area (Å²) in [6.45, 7) is 11.1. The molecule has 0 aliphatic rings. The topological polar surface area (TPSA) is 12.0 Å². The molecule has 0 rings (SSSR count). The Morgan fingerprint density at radius 2 is 2.22 bits per heavy atom. The lowest BCUT2D eigenvalue weighted by atomic mass is 10.3. The maximum absolute atomic E-state index is 3.73. The highest BCUT2D eigenvalue weighted by molar-refractivity contribution is 5.85. The zero-order chi connectivity index (χ0) is 6.41. The third-order valence-corrected chi connectivity index (χ3v) is 0.715. The van der Waals surface area contributed by atoms with E-state index in [9.17, 15) is 0 Å². The third kappa shape index (κ3) is 11.3. The number of hydrogen-bond donors (Lipinski definition) is 1. The maximum atomic E-state index is 3.73. The summed E-state index contributed by atoms with van der Waals surface area (Å²) in [5.41, 5.74) is 1.16. The molecule has 0 aliphatic heterocycles. The zero-order valence-electron chi connectivity index (χ0n) is 5.81. The summed E-state index contributed by atoms with van der Waals surface area (Å²) in [7, 11) is 0. The lowest BCUT2D eigenvalue weighted by Gasteiger charge is -1.97. The number of hydrogen-bond acceptors (Lipinski definition) is 1. The maximum Gasteiger partial charge on any atom is 0.0162 e. The molecule has 0 spiro atoms. The van der Waals surface area contributed by atoms with Gasteiger partial charge in [0, 0.05) is 13.1 Å². The highest BCUT2D eigenvalue weighted by Gasteiger charge is 1.79. The Kier molecular flexibility index (Phi) is 9.89. The van der Waals surface area contributed by atoms with Crippen molar-refractivity contribution >= 4 is 12.4 Å². The Morgan fingerprint density at radius 3 is 2.56 bits per heavy atom. The van der Waals surface area contributed by atoms with E-state index in [1.54, 1.807) is 0 Å². The van der Waals surface area contributed by atoms with Gasteiger partial charge in [0.25, 0.3) is 0 Å². The highest BCUT2D eigenvalue weighted by Crippen LogP contribution is 1.79. The summed E-state index contributed by atoms with van der Waals surface area (Å²) in [6, 6.07) is 0. The Hall–Kier alpha value is -0.270. The van der Waals surface area contributed by atoms with Crippen LogP contribution in [0.25, 0.3) is 0 Å². The molecule has 0 aromatic carbocycles. The van der Waals surface area contributed by atoms with Gasteiger partial charge < -0.3 is 5.32 Å². The molecule has 0 aromatic heterocycles. The second-order valence-corrected chi connectivity index (χ2v) is 1.88. The van der Waals surface area contributed by atoms with Gasteiger partial charge in [-0.3, -0.25) is 0 Å². The smallest absolute Gasteiger partial charge is 0.0162 e. The standard InChI is InChI=1S/C7H13N.ClH/c1-4-5-8-6-7(2)3;/h4,8H,1-2,5-6H2,3H3;1H. The number of nitrogens with one attached hydrogen (secondary N) is 1. The van der Waals surface area contributed by atoms with Crippen LogP contribution in [0, 0.1) is 0 Å². The molecular formula is C7H14ClN. The van der Waals surface area contributed by atoms with Gasteiger partial charge in [-0.15, -0.1) is 19.0 Å². The monoisotopic (exact) mass is 147 g/mol. The van der Waals surface area contributed by atoms with E-state index >= 15 is 0 Å². The van der Waals surface area contributed by atoms with Crippen molar-refractivity contribution in [3.63, 3.8) is 0 Å². The lowest BCUT2D eigenvalue weighted by Crippen LogP contribution is -2.14. The molecule has 54 valence electrons. The van der Waals surface area contributed by atoms with Crippen LogP contribution in [0.2, 0.25) is 0 Å². The van der Waals surface area contributed by atoms with Crippen molar-refractivity contribution in [2.24, 2.45) is 0 Å². The predicted octanol–water partition coefficient (Wildman–Crippen LogP) is 1.76. The van der Waals surface area contributed by atoms with Crippen molar-refractivity contribution in [1.82, 2.24) is 5.32 Å². The summed E-state index contributed by atoms with van der Waals surface area (Å²) in [6.07, 6.45) is 1.84. The molecule has 9 heavy (non-hydrogen) atoms. The fraction of sp³-hybridized carbons (Fsp3) is 0.429. The van der Waals surface area contributed by atoms with Crippen molar-refractivity contribution in [3.05, 3.63) is 24.8 Å². The van der Waals surface area contributed by atoms with Gasteiger partial charge >= 0.3 is 0 Å². The first kappa shape index (κ1) is 11.5. The average molecular weight is 148 g/mol. The first-order valence-electron chi connectivity index (χ1n) is 2.73. The van der Waals surface area contributed by atoms with Gasteiger partial charge in [-0.05, 0) is 6.92 Å². The van der Waals surface area contributed by atoms with E-state index in [2.05, 4.69) is 18.5 Å². The van der Waals surface area contributed by atoms with Gasteiger partial charge in [-0.25, -0.2) is 0 Å². The quantitative estimate of drug-likeness (QED) is 0.472. The Labute approximate surface area is 63.3 Å². The zero-order valence-corrected chi connectivity index (χ0v) is 6.63. The van der Waals surface area contributed by atoms with Crippen LogP contribution in [-0.2, 0) is 0 Å². The van der Waals surface area contributed by atoms with E-state index < -0.39 is 0 Å². The van der Waals surface area contributed by atoms with Crippen LogP contribution in [0.1, 0.15) is 6.92 Å². The minimum Gasteiger partial charge on any atom is -0.310 e. The van der Waals surface area contributed by atoms with Gasteiger partial charge in [0.1, 0.15) is 0 Å². The molecule has 0 atom stereocenters. The fourth-order valence-corrected chi connectivity index (χ4v) is 0.388. The molecule has 0 saturated heterocycles. The van der Waals surface area contributed by atoms with Gasteiger partial charge in [0.2, 0.25) is 0 Å². The van der Waals surface area contributed by atoms with Crippen LogP contribution in [0.4, 0.5) is 0 Å². The fourth-order valence-electron chi connectivity index (χ4n) is 0.388. The summed E-state index contributed by atoms with van der Waals surface area (Å²) in [5, 5.41) is 3.12. The van der Waals surface area contributed by atoms with Crippen LogP contribution >= 0.6 is 12.4 Å². The molecule has 0 saturated carbocycles. The van der Waals surface area contributed by atoms with Crippen LogP contribution in [0.5, 0.6) is 0 Å². The second kappa shape index (κ2) is 7.73. The lowest BCUT2D eigenvalue weighted by molar-refractivity contribution is 0.817. The van der Waals surface area contributed by atoms with Crippen molar-refractivity contribution in [2.75, 3.05) is 13.1 Å². The van der Waals surface area contributed by atoms with Gasteiger partial charge in [0.05, 0.1) is 0 Å². The largest absolute Gasteiger partial charge is 0.310 e. The third-order valence-electron chi connectivity index (χ3n) is 0.715. The molecule has 1 N–H and O–H groups in total. The molecule has 2 heteroatoms. The van der Waals surface area contributed by atoms with E-state index in [0.717, 1.165) is 18.7 Å². The van der Waals surface area contributed by atoms with Crippen molar-refractivity contribution in [1.29, 1.82) is 0 Å². The first-order chi connectivity index (χ1) is 3.77. The van der Waals surface area contributed by atoms with E-state index in [1.165, 1.54) is 0 Å². The predicted molar refractivity (Wildman–Crippen MR) is 45.1 cm³/mol. The minimum absolute atomic E-state index is 0.